The summed E-state index contributed by atoms with van der Waals surface area (Å²) in [6.07, 6.45) is 11.9. The minimum Gasteiger partial charge on any atom is -0.393 e. The molecule has 0 spiro atoms. The molecule has 0 radical (unpaired) electrons. The molecule has 4 aliphatic rings. The van der Waals surface area contributed by atoms with Crippen LogP contribution in [0.4, 0.5) is 0 Å². The van der Waals surface area contributed by atoms with Gasteiger partial charge in [-0.25, -0.2) is 0 Å². The molecule has 0 aromatic heterocycles. The van der Waals surface area contributed by atoms with Gasteiger partial charge in [-0.2, -0.15) is 0 Å². The first-order chi connectivity index (χ1) is 10.5. The first-order valence-electron chi connectivity index (χ1n) is 9.87. The van der Waals surface area contributed by atoms with E-state index in [4.69, 9.17) is 0 Å². The molecule has 8 atom stereocenters. The predicted octanol–water partition coefficient (Wildman–Crippen LogP) is 4.14. The number of aliphatic hydroxyl groups is 2. The Balaban J connectivity index is 1.63. The van der Waals surface area contributed by atoms with Gasteiger partial charge in [0.1, 0.15) is 0 Å². The van der Waals surface area contributed by atoms with E-state index in [1.807, 2.05) is 0 Å². The highest BCUT2D eigenvalue weighted by molar-refractivity contribution is 5.10. The second-order valence-electron chi connectivity index (χ2n) is 9.30. The molecular weight excluding hydrogens is 272 g/mol. The van der Waals surface area contributed by atoms with Gasteiger partial charge in [0, 0.05) is 0 Å². The maximum Gasteiger partial charge on any atom is 0.0599 e. The van der Waals surface area contributed by atoms with Crippen molar-refractivity contribution in [2.75, 3.05) is 0 Å². The van der Waals surface area contributed by atoms with Gasteiger partial charge in [-0.3, -0.25) is 0 Å². The molecule has 4 rings (SSSR count). The minimum atomic E-state index is -0.0405. The first kappa shape index (κ1) is 15.4. The molecular formula is C20H34O2. The lowest BCUT2D eigenvalue weighted by Gasteiger charge is -2.61. The molecule has 2 N–H and O–H groups in total. The highest BCUT2D eigenvalue weighted by Crippen LogP contribution is 2.67. The number of hydrogen-bond donors (Lipinski definition) is 2. The zero-order chi connectivity index (χ0) is 15.5. The van der Waals surface area contributed by atoms with E-state index in [1.54, 1.807) is 0 Å². The summed E-state index contributed by atoms with van der Waals surface area (Å²) in [5, 5.41) is 20.8. The van der Waals surface area contributed by atoms with Crippen LogP contribution in [0.5, 0.6) is 0 Å². The summed E-state index contributed by atoms with van der Waals surface area (Å²) in [4.78, 5) is 0. The van der Waals surface area contributed by atoms with Gasteiger partial charge in [0.05, 0.1) is 12.2 Å². The molecule has 4 aliphatic carbocycles. The topological polar surface area (TPSA) is 40.5 Å². The number of aliphatic hydroxyl groups excluding tert-OH is 2. The lowest BCUT2D eigenvalue weighted by atomic mass is 9.44. The fraction of sp³-hybridized carbons (Fsp3) is 1.00. The fourth-order valence-corrected chi connectivity index (χ4v) is 7.69. The van der Waals surface area contributed by atoms with Crippen LogP contribution in [-0.2, 0) is 0 Å². The smallest absolute Gasteiger partial charge is 0.0599 e. The molecule has 2 nitrogen and oxygen atoms in total. The van der Waals surface area contributed by atoms with Crippen molar-refractivity contribution in [3.05, 3.63) is 0 Å². The van der Waals surface area contributed by atoms with Crippen molar-refractivity contribution < 1.29 is 10.2 Å². The van der Waals surface area contributed by atoms with Crippen LogP contribution in [0, 0.1) is 34.5 Å². The quantitative estimate of drug-likeness (QED) is 0.764. The van der Waals surface area contributed by atoms with Gasteiger partial charge in [0.15, 0.2) is 0 Å². The van der Waals surface area contributed by atoms with Gasteiger partial charge in [-0.05, 0) is 98.7 Å². The van der Waals surface area contributed by atoms with Gasteiger partial charge in [0.2, 0.25) is 0 Å². The van der Waals surface area contributed by atoms with Crippen molar-refractivity contribution in [2.45, 2.75) is 90.3 Å². The average molecular weight is 306 g/mol. The van der Waals surface area contributed by atoms with Crippen molar-refractivity contribution in [3.8, 4) is 0 Å². The molecule has 4 fully saturated rings. The van der Waals surface area contributed by atoms with Crippen molar-refractivity contribution in [2.24, 2.45) is 34.5 Å². The van der Waals surface area contributed by atoms with Crippen molar-refractivity contribution in [1.82, 2.24) is 0 Å². The number of fused-ring (bicyclic) bond motifs is 5. The standard InChI is InChI=1S/C20H34O2/c1-3-20-11-9-16-15(17(20)6-7-18(20)22)5-4-13-12-14(21)8-10-19(13,16)2/h13-18,21-22H,3-12H2,1-2H3/t13-,14?,15+,16-,17-,18-,19-,20-/m0/s1. The molecule has 0 saturated heterocycles. The van der Waals surface area contributed by atoms with E-state index in [2.05, 4.69) is 13.8 Å². The Morgan fingerprint density at radius 3 is 2.50 bits per heavy atom. The molecule has 2 heteroatoms. The summed E-state index contributed by atoms with van der Waals surface area (Å²) in [5.41, 5.74) is 0.716. The molecule has 0 aliphatic heterocycles. The summed E-state index contributed by atoms with van der Waals surface area (Å²) in [7, 11) is 0. The Labute approximate surface area is 135 Å². The first-order valence-corrected chi connectivity index (χ1v) is 9.87. The molecule has 0 bridgehead atoms. The van der Waals surface area contributed by atoms with Gasteiger partial charge >= 0.3 is 0 Å². The largest absolute Gasteiger partial charge is 0.393 e. The van der Waals surface area contributed by atoms with Crippen LogP contribution < -0.4 is 0 Å². The summed E-state index contributed by atoms with van der Waals surface area (Å²) >= 11 is 0. The van der Waals surface area contributed by atoms with Gasteiger partial charge in [0.25, 0.3) is 0 Å². The van der Waals surface area contributed by atoms with E-state index in [0.717, 1.165) is 42.9 Å². The van der Waals surface area contributed by atoms with E-state index >= 15 is 0 Å². The highest BCUT2D eigenvalue weighted by atomic mass is 16.3. The third-order valence-electron chi connectivity index (χ3n) is 8.97. The van der Waals surface area contributed by atoms with Crippen molar-refractivity contribution in [1.29, 1.82) is 0 Å². The van der Waals surface area contributed by atoms with Gasteiger partial charge in [-0.15, -0.1) is 0 Å². The lowest BCUT2D eigenvalue weighted by Crippen LogP contribution is -2.55. The molecule has 0 heterocycles. The summed E-state index contributed by atoms with van der Waals surface area (Å²) in [5.74, 6) is 3.23. The Hall–Kier alpha value is -0.0800. The van der Waals surface area contributed by atoms with E-state index in [9.17, 15) is 10.2 Å². The summed E-state index contributed by atoms with van der Waals surface area (Å²) in [6, 6.07) is 0. The molecule has 1 unspecified atom stereocenters. The van der Waals surface area contributed by atoms with Crippen LogP contribution in [0.25, 0.3) is 0 Å². The van der Waals surface area contributed by atoms with E-state index < -0.39 is 0 Å². The van der Waals surface area contributed by atoms with Crippen LogP contribution in [0.2, 0.25) is 0 Å². The number of rotatable bonds is 1. The average Bonchev–Trinajstić information content (AvgIpc) is 2.86. The van der Waals surface area contributed by atoms with Crippen LogP contribution >= 0.6 is 0 Å². The third-order valence-corrected chi connectivity index (χ3v) is 8.97. The Bertz CT molecular complexity index is 435. The van der Waals surface area contributed by atoms with Crippen LogP contribution in [0.3, 0.4) is 0 Å². The zero-order valence-electron chi connectivity index (χ0n) is 14.4. The Morgan fingerprint density at radius 2 is 1.73 bits per heavy atom. The molecule has 126 valence electrons. The normalized spacial score (nSPS) is 57.8. The minimum absolute atomic E-state index is 0.0397. The Kier molecular flexibility index (Phi) is 3.66. The Morgan fingerprint density at radius 1 is 0.909 bits per heavy atom. The second-order valence-corrected chi connectivity index (χ2v) is 9.30. The van der Waals surface area contributed by atoms with Gasteiger partial charge < -0.3 is 10.2 Å². The molecule has 0 amide bonds. The highest BCUT2D eigenvalue weighted by Gasteiger charge is 2.60. The second kappa shape index (κ2) is 5.21. The fourth-order valence-electron chi connectivity index (χ4n) is 7.69. The maximum atomic E-state index is 10.7. The molecule has 4 saturated carbocycles. The zero-order valence-corrected chi connectivity index (χ0v) is 14.4. The monoisotopic (exact) mass is 306 g/mol. The van der Waals surface area contributed by atoms with Crippen LogP contribution in [-0.4, -0.2) is 22.4 Å². The number of hydrogen-bond acceptors (Lipinski definition) is 2. The van der Waals surface area contributed by atoms with Crippen molar-refractivity contribution >= 4 is 0 Å². The third kappa shape index (κ3) is 1.92. The van der Waals surface area contributed by atoms with Crippen LogP contribution in [0.1, 0.15) is 78.1 Å². The van der Waals surface area contributed by atoms with Crippen LogP contribution in [0.15, 0.2) is 0 Å². The predicted molar refractivity (Wildman–Crippen MR) is 88.4 cm³/mol. The lowest BCUT2D eigenvalue weighted by molar-refractivity contribution is -0.139. The molecule has 0 aromatic rings. The summed E-state index contributed by atoms with van der Waals surface area (Å²) < 4.78 is 0. The van der Waals surface area contributed by atoms with Gasteiger partial charge in [-0.1, -0.05) is 13.8 Å². The SMILES string of the molecule is CC[C@]12CC[C@H]3[C@@H](CC[C@H]4CC(O)CC[C@@]43C)[C@@H]1CC[C@@H]2O. The summed E-state index contributed by atoms with van der Waals surface area (Å²) in [6.45, 7) is 4.86. The van der Waals surface area contributed by atoms with E-state index in [0.29, 0.717) is 5.41 Å². The maximum absolute atomic E-state index is 10.7. The van der Waals surface area contributed by atoms with E-state index in [1.165, 1.54) is 44.9 Å². The van der Waals surface area contributed by atoms with E-state index in [-0.39, 0.29) is 17.6 Å². The molecule has 0 aromatic carbocycles. The molecule has 22 heavy (non-hydrogen) atoms. The van der Waals surface area contributed by atoms with Crippen molar-refractivity contribution in [3.63, 3.8) is 0 Å².